The van der Waals surface area contributed by atoms with Crippen molar-refractivity contribution in [3.05, 3.63) is 65.5 Å². The number of guanidine groups is 1. The summed E-state index contributed by atoms with van der Waals surface area (Å²) >= 11 is 0. The minimum Gasteiger partial charge on any atom is -0.496 e. The number of benzene rings is 2. The number of ether oxygens (including phenoxy) is 1. The summed E-state index contributed by atoms with van der Waals surface area (Å²) in [7, 11) is 3.62. The zero-order valence-electron chi connectivity index (χ0n) is 17.2. The fraction of sp³-hybridized carbons (Fsp3) is 0.364. The number of nitrogens with zero attached hydrogens (tertiary/aromatic N) is 2. The van der Waals surface area contributed by atoms with Gasteiger partial charge in [0.05, 0.1) is 20.1 Å². The molecule has 1 amide bonds. The average molecular weight is 400 g/mol. The van der Waals surface area contributed by atoms with Crippen LogP contribution in [0.3, 0.4) is 0 Å². The molecule has 0 fully saturated rings. The van der Waals surface area contributed by atoms with Gasteiger partial charge in [0.2, 0.25) is 5.91 Å². The van der Waals surface area contributed by atoms with E-state index < -0.39 is 0 Å². The molecule has 0 heterocycles. The number of nitrogens with one attached hydrogen (secondary N) is 2. The highest BCUT2D eigenvalue weighted by atomic mass is 19.1. The number of aliphatic imine (C=N–C) groups is 1. The van der Waals surface area contributed by atoms with Crippen LogP contribution in [-0.2, 0) is 17.8 Å². The van der Waals surface area contributed by atoms with Gasteiger partial charge in [0.15, 0.2) is 5.96 Å². The molecule has 2 N–H and O–H groups in total. The van der Waals surface area contributed by atoms with Crippen LogP contribution < -0.4 is 15.4 Å². The Hall–Kier alpha value is -3.09. The van der Waals surface area contributed by atoms with E-state index in [0.29, 0.717) is 19.6 Å². The molecule has 29 heavy (non-hydrogen) atoms. The molecular weight excluding hydrogens is 371 g/mol. The summed E-state index contributed by atoms with van der Waals surface area (Å²) in [5.74, 6) is 1.17. The molecule has 0 aliphatic rings. The molecule has 0 aliphatic carbocycles. The second-order valence-electron chi connectivity index (χ2n) is 6.56. The van der Waals surface area contributed by atoms with Crippen LogP contribution in [0.25, 0.3) is 0 Å². The van der Waals surface area contributed by atoms with Crippen molar-refractivity contribution in [3.63, 3.8) is 0 Å². The van der Waals surface area contributed by atoms with Crippen molar-refractivity contribution < 1.29 is 13.9 Å². The molecule has 0 saturated heterocycles. The number of halogens is 1. The Morgan fingerprint density at radius 1 is 1.14 bits per heavy atom. The lowest BCUT2D eigenvalue weighted by atomic mass is 10.1. The van der Waals surface area contributed by atoms with E-state index in [0.717, 1.165) is 29.4 Å². The number of amides is 1. The quantitative estimate of drug-likeness (QED) is 0.386. The Bertz CT molecular complexity index is 809. The summed E-state index contributed by atoms with van der Waals surface area (Å²) < 4.78 is 18.3. The van der Waals surface area contributed by atoms with Crippen molar-refractivity contribution in [3.8, 4) is 5.75 Å². The normalized spacial score (nSPS) is 11.1. The van der Waals surface area contributed by atoms with Gasteiger partial charge in [-0.15, -0.1) is 0 Å². The Morgan fingerprint density at radius 2 is 1.86 bits per heavy atom. The average Bonchev–Trinajstić information content (AvgIpc) is 2.72. The van der Waals surface area contributed by atoms with Crippen molar-refractivity contribution in [2.24, 2.45) is 4.99 Å². The molecule has 2 rings (SSSR count). The predicted molar refractivity (Wildman–Crippen MR) is 114 cm³/mol. The van der Waals surface area contributed by atoms with Gasteiger partial charge in [0, 0.05) is 32.2 Å². The van der Waals surface area contributed by atoms with Crippen molar-refractivity contribution >= 4 is 11.9 Å². The van der Waals surface area contributed by atoms with Gasteiger partial charge < -0.3 is 20.3 Å². The van der Waals surface area contributed by atoms with Gasteiger partial charge >= 0.3 is 0 Å². The maximum atomic E-state index is 12.9. The third-order valence-electron chi connectivity index (χ3n) is 4.27. The van der Waals surface area contributed by atoms with E-state index in [2.05, 4.69) is 15.6 Å². The number of hydrogen-bond donors (Lipinski definition) is 2. The summed E-state index contributed by atoms with van der Waals surface area (Å²) in [6, 6.07) is 13.8. The van der Waals surface area contributed by atoms with Gasteiger partial charge in [-0.3, -0.25) is 9.79 Å². The Morgan fingerprint density at radius 3 is 2.55 bits per heavy atom. The molecule has 0 bridgehead atoms. The first-order valence-electron chi connectivity index (χ1n) is 9.66. The summed E-state index contributed by atoms with van der Waals surface area (Å²) in [5.41, 5.74) is 1.84. The molecule has 6 nitrogen and oxygen atoms in total. The fourth-order valence-corrected chi connectivity index (χ4v) is 2.84. The van der Waals surface area contributed by atoms with E-state index in [4.69, 9.17) is 4.74 Å². The Labute approximate surface area is 171 Å². The summed E-state index contributed by atoms with van der Waals surface area (Å²) in [6.07, 6.45) is 0.220. The van der Waals surface area contributed by atoms with Gasteiger partial charge in [0.25, 0.3) is 0 Å². The number of hydrogen-bond acceptors (Lipinski definition) is 3. The van der Waals surface area contributed by atoms with E-state index in [1.54, 1.807) is 19.2 Å². The van der Waals surface area contributed by atoms with E-state index in [1.807, 2.05) is 43.1 Å². The highest BCUT2D eigenvalue weighted by molar-refractivity contribution is 5.80. The predicted octanol–water partition coefficient (Wildman–Crippen LogP) is 2.59. The minimum absolute atomic E-state index is 0.112. The third-order valence-corrected chi connectivity index (χ3v) is 4.27. The Balaban J connectivity index is 1.86. The standard InChI is InChI=1S/C22H29FN4O2/c1-4-24-22(27(2)16-18-7-5-6-8-20(18)29-3)26-14-13-25-21(28)15-17-9-11-19(23)12-10-17/h5-12H,4,13-16H2,1-3H3,(H,24,26)(H,25,28). The zero-order valence-corrected chi connectivity index (χ0v) is 17.2. The van der Waals surface area contributed by atoms with E-state index in [-0.39, 0.29) is 18.1 Å². The van der Waals surface area contributed by atoms with E-state index >= 15 is 0 Å². The molecule has 0 spiro atoms. The lowest BCUT2D eigenvalue weighted by molar-refractivity contribution is -0.120. The number of carbonyl (C=O) groups excluding carboxylic acids is 1. The summed E-state index contributed by atoms with van der Waals surface area (Å²) in [6.45, 7) is 4.28. The molecule has 0 aliphatic heterocycles. The number of carbonyl (C=O) groups is 1. The molecule has 0 unspecified atom stereocenters. The maximum Gasteiger partial charge on any atom is 0.224 e. The molecular formula is C22H29FN4O2. The van der Waals surface area contributed by atoms with Gasteiger partial charge in [-0.05, 0) is 30.7 Å². The van der Waals surface area contributed by atoms with E-state index in [9.17, 15) is 9.18 Å². The van der Waals surface area contributed by atoms with Crippen LogP contribution in [0.15, 0.2) is 53.5 Å². The lowest BCUT2D eigenvalue weighted by Gasteiger charge is -2.23. The van der Waals surface area contributed by atoms with Gasteiger partial charge in [-0.2, -0.15) is 0 Å². The van der Waals surface area contributed by atoms with Crippen LogP contribution in [-0.4, -0.2) is 50.6 Å². The molecule has 2 aromatic carbocycles. The van der Waals surface area contributed by atoms with Gasteiger partial charge in [0.1, 0.15) is 11.6 Å². The molecule has 7 heteroatoms. The van der Waals surface area contributed by atoms with Crippen LogP contribution in [0.5, 0.6) is 5.75 Å². The number of para-hydroxylation sites is 1. The first-order valence-corrected chi connectivity index (χ1v) is 9.66. The Kier molecular flexibility index (Phi) is 8.95. The molecule has 156 valence electrons. The van der Waals surface area contributed by atoms with Crippen LogP contribution in [0, 0.1) is 5.82 Å². The first-order chi connectivity index (χ1) is 14.0. The second-order valence-corrected chi connectivity index (χ2v) is 6.56. The zero-order chi connectivity index (χ0) is 21.1. The van der Waals surface area contributed by atoms with Crippen LogP contribution in [0.1, 0.15) is 18.1 Å². The topological polar surface area (TPSA) is 66.0 Å². The van der Waals surface area contributed by atoms with Crippen molar-refractivity contribution in [2.75, 3.05) is 33.8 Å². The molecule has 0 atom stereocenters. The van der Waals surface area contributed by atoms with Gasteiger partial charge in [-0.1, -0.05) is 30.3 Å². The fourth-order valence-electron chi connectivity index (χ4n) is 2.84. The molecule has 0 radical (unpaired) electrons. The SMILES string of the molecule is CCNC(=NCCNC(=O)Cc1ccc(F)cc1)N(C)Cc1ccccc1OC. The highest BCUT2D eigenvalue weighted by Gasteiger charge is 2.10. The first kappa shape index (κ1) is 22.2. The summed E-state index contributed by atoms with van der Waals surface area (Å²) in [5, 5.41) is 6.10. The van der Waals surface area contributed by atoms with Crippen LogP contribution >= 0.6 is 0 Å². The number of methoxy groups -OCH3 is 1. The molecule has 0 aromatic heterocycles. The van der Waals surface area contributed by atoms with Gasteiger partial charge in [-0.25, -0.2) is 4.39 Å². The van der Waals surface area contributed by atoms with Crippen molar-refractivity contribution in [1.29, 1.82) is 0 Å². The number of rotatable bonds is 9. The third kappa shape index (κ3) is 7.44. The van der Waals surface area contributed by atoms with Crippen LogP contribution in [0.4, 0.5) is 4.39 Å². The van der Waals surface area contributed by atoms with Crippen LogP contribution in [0.2, 0.25) is 0 Å². The van der Waals surface area contributed by atoms with Crippen molar-refractivity contribution in [2.45, 2.75) is 19.9 Å². The minimum atomic E-state index is -0.309. The molecule has 2 aromatic rings. The van der Waals surface area contributed by atoms with E-state index in [1.165, 1.54) is 12.1 Å². The largest absolute Gasteiger partial charge is 0.496 e. The smallest absolute Gasteiger partial charge is 0.224 e. The second kappa shape index (κ2) is 11.7. The molecule has 0 saturated carbocycles. The highest BCUT2D eigenvalue weighted by Crippen LogP contribution is 2.18. The summed E-state index contributed by atoms with van der Waals surface area (Å²) in [4.78, 5) is 18.6. The monoisotopic (exact) mass is 400 g/mol. The van der Waals surface area contributed by atoms with Crippen molar-refractivity contribution in [1.82, 2.24) is 15.5 Å². The lowest BCUT2D eigenvalue weighted by Crippen LogP contribution is -2.39. The maximum absolute atomic E-state index is 12.9.